The number of rotatable bonds is 8. The first-order valence-electron chi connectivity index (χ1n) is 8.13. The molecule has 0 amide bonds. The van der Waals surface area contributed by atoms with Gasteiger partial charge in [0.15, 0.2) is 0 Å². The summed E-state index contributed by atoms with van der Waals surface area (Å²) in [6, 6.07) is 9.52. The fourth-order valence-corrected chi connectivity index (χ4v) is 4.56. The minimum atomic E-state index is -3.51. The standard InChI is InChI=1S/C17H25N3O3S/c1-5-19(6-2)24(21,22)17-14(3)18-20(15(17)4)12-13-23-16-10-8-7-9-11-16/h7-11H,5-6,12-13H2,1-4H3. The second kappa shape index (κ2) is 7.81. The van der Waals surface area contributed by atoms with Crippen LogP contribution in [-0.2, 0) is 16.6 Å². The average Bonchev–Trinajstić information content (AvgIpc) is 2.84. The Morgan fingerprint density at radius 1 is 1.12 bits per heavy atom. The van der Waals surface area contributed by atoms with Gasteiger partial charge in [0.05, 0.1) is 17.9 Å². The van der Waals surface area contributed by atoms with Crippen molar-refractivity contribution < 1.29 is 13.2 Å². The average molecular weight is 351 g/mol. The van der Waals surface area contributed by atoms with Gasteiger partial charge in [-0.2, -0.15) is 9.40 Å². The number of benzene rings is 1. The van der Waals surface area contributed by atoms with Crippen molar-refractivity contribution in [1.29, 1.82) is 0 Å². The molecular weight excluding hydrogens is 326 g/mol. The van der Waals surface area contributed by atoms with Crippen LogP contribution in [0.4, 0.5) is 0 Å². The largest absolute Gasteiger partial charge is 0.492 e. The molecule has 2 rings (SSSR count). The molecule has 0 bridgehead atoms. The van der Waals surface area contributed by atoms with Crippen LogP contribution in [0, 0.1) is 13.8 Å². The first kappa shape index (κ1) is 18.5. The summed E-state index contributed by atoms with van der Waals surface area (Å²) < 4.78 is 34.4. The SMILES string of the molecule is CCN(CC)S(=O)(=O)c1c(C)nn(CCOc2ccccc2)c1C. The van der Waals surface area contributed by atoms with Crippen molar-refractivity contribution >= 4 is 10.0 Å². The molecule has 2 aromatic rings. The van der Waals surface area contributed by atoms with E-state index in [1.807, 2.05) is 44.2 Å². The number of para-hydroxylation sites is 1. The first-order chi connectivity index (χ1) is 11.4. The van der Waals surface area contributed by atoms with Crippen LogP contribution in [0.15, 0.2) is 35.2 Å². The number of nitrogens with zero attached hydrogens (tertiary/aromatic N) is 3. The summed E-state index contributed by atoms with van der Waals surface area (Å²) in [5, 5.41) is 4.39. The van der Waals surface area contributed by atoms with E-state index in [1.54, 1.807) is 18.5 Å². The van der Waals surface area contributed by atoms with Crippen molar-refractivity contribution in [3.63, 3.8) is 0 Å². The van der Waals surface area contributed by atoms with E-state index in [-0.39, 0.29) is 0 Å². The first-order valence-corrected chi connectivity index (χ1v) is 9.57. The third kappa shape index (κ3) is 3.79. The molecule has 0 aliphatic rings. The van der Waals surface area contributed by atoms with Crippen molar-refractivity contribution in [2.24, 2.45) is 0 Å². The number of sulfonamides is 1. The molecule has 0 aliphatic carbocycles. The smallest absolute Gasteiger partial charge is 0.246 e. The van der Waals surface area contributed by atoms with Gasteiger partial charge in [0, 0.05) is 13.1 Å². The predicted molar refractivity (Wildman–Crippen MR) is 93.7 cm³/mol. The topological polar surface area (TPSA) is 64.4 Å². The number of aromatic nitrogens is 2. The van der Waals surface area contributed by atoms with Gasteiger partial charge in [-0.1, -0.05) is 32.0 Å². The molecule has 0 radical (unpaired) electrons. The Morgan fingerprint density at radius 2 is 1.75 bits per heavy atom. The quantitative estimate of drug-likeness (QED) is 0.733. The lowest BCUT2D eigenvalue weighted by Crippen LogP contribution is -2.31. The summed E-state index contributed by atoms with van der Waals surface area (Å²) in [7, 11) is -3.51. The molecule has 1 aromatic heterocycles. The molecular formula is C17H25N3O3S. The molecule has 0 fully saturated rings. The van der Waals surface area contributed by atoms with Crippen LogP contribution < -0.4 is 4.74 Å². The Kier molecular flexibility index (Phi) is 6.01. The molecule has 0 atom stereocenters. The Labute approximate surface area is 144 Å². The van der Waals surface area contributed by atoms with Crippen LogP contribution in [0.2, 0.25) is 0 Å². The summed E-state index contributed by atoms with van der Waals surface area (Å²) in [6.45, 7) is 9.01. The highest BCUT2D eigenvalue weighted by Gasteiger charge is 2.29. The maximum atomic E-state index is 12.8. The van der Waals surface area contributed by atoms with E-state index >= 15 is 0 Å². The second-order valence-corrected chi connectivity index (χ2v) is 7.35. The second-order valence-electron chi connectivity index (χ2n) is 5.47. The van der Waals surface area contributed by atoms with Crippen molar-refractivity contribution in [3.8, 4) is 5.75 Å². The monoisotopic (exact) mass is 351 g/mol. The van der Waals surface area contributed by atoms with Crippen LogP contribution in [0.5, 0.6) is 5.75 Å². The van der Waals surface area contributed by atoms with Gasteiger partial charge in [-0.05, 0) is 26.0 Å². The van der Waals surface area contributed by atoms with Gasteiger partial charge in [0.1, 0.15) is 17.3 Å². The molecule has 6 nitrogen and oxygen atoms in total. The minimum absolute atomic E-state index is 0.311. The molecule has 24 heavy (non-hydrogen) atoms. The molecule has 0 aliphatic heterocycles. The summed E-state index contributed by atoms with van der Waals surface area (Å²) in [5.74, 6) is 0.787. The van der Waals surface area contributed by atoms with E-state index in [4.69, 9.17) is 4.74 Å². The van der Waals surface area contributed by atoms with Gasteiger partial charge < -0.3 is 4.74 Å². The lowest BCUT2D eigenvalue weighted by atomic mass is 10.3. The number of hydrogen-bond acceptors (Lipinski definition) is 4. The van der Waals surface area contributed by atoms with Crippen LogP contribution in [0.3, 0.4) is 0 Å². The normalized spacial score (nSPS) is 11.9. The molecule has 0 spiro atoms. The van der Waals surface area contributed by atoms with Crippen LogP contribution in [-0.4, -0.2) is 42.2 Å². The highest BCUT2D eigenvalue weighted by atomic mass is 32.2. The van der Waals surface area contributed by atoms with E-state index < -0.39 is 10.0 Å². The van der Waals surface area contributed by atoms with Gasteiger partial charge in [-0.15, -0.1) is 0 Å². The van der Waals surface area contributed by atoms with Crippen LogP contribution in [0.1, 0.15) is 25.2 Å². The van der Waals surface area contributed by atoms with Gasteiger partial charge in [0.2, 0.25) is 10.0 Å². The number of ether oxygens (including phenoxy) is 1. The predicted octanol–water partition coefficient (Wildman–Crippen LogP) is 2.61. The Hall–Kier alpha value is -1.86. The van der Waals surface area contributed by atoms with E-state index in [9.17, 15) is 8.42 Å². The molecule has 1 heterocycles. The van der Waals surface area contributed by atoms with E-state index in [0.29, 0.717) is 42.5 Å². The molecule has 132 valence electrons. The number of hydrogen-bond donors (Lipinski definition) is 0. The summed E-state index contributed by atoms with van der Waals surface area (Å²) in [5.41, 5.74) is 1.18. The molecule has 1 aromatic carbocycles. The van der Waals surface area contributed by atoms with Crippen molar-refractivity contribution in [3.05, 3.63) is 41.7 Å². The lowest BCUT2D eigenvalue weighted by Gasteiger charge is -2.18. The maximum absolute atomic E-state index is 12.8. The lowest BCUT2D eigenvalue weighted by molar-refractivity contribution is 0.289. The fourth-order valence-electron chi connectivity index (χ4n) is 2.73. The molecule has 0 saturated carbocycles. The summed E-state index contributed by atoms with van der Waals surface area (Å²) in [6.07, 6.45) is 0. The van der Waals surface area contributed by atoms with Crippen LogP contribution in [0.25, 0.3) is 0 Å². The van der Waals surface area contributed by atoms with E-state index in [0.717, 1.165) is 5.75 Å². The maximum Gasteiger partial charge on any atom is 0.246 e. The Bertz CT molecular complexity index is 766. The fraction of sp³-hybridized carbons (Fsp3) is 0.471. The molecule has 7 heteroatoms. The molecule has 0 saturated heterocycles. The molecule has 0 N–H and O–H groups in total. The van der Waals surface area contributed by atoms with E-state index in [1.165, 1.54) is 4.31 Å². The summed E-state index contributed by atoms with van der Waals surface area (Å²) >= 11 is 0. The summed E-state index contributed by atoms with van der Waals surface area (Å²) in [4.78, 5) is 0.311. The van der Waals surface area contributed by atoms with Crippen molar-refractivity contribution in [1.82, 2.24) is 14.1 Å². The van der Waals surface area contributed by atoms with Gasteiger partial charge in [-0.25, -0.2) is 8.42 Å². The highest BCUT2D eigenvalue weighted by Crippen LogP contribution is 2.23. The zero-order valence-corrected chi connectivity index (χ0v) is 15.5. The van der Waals surface area contributed by atoms with Gasteiger partial charge in [-0.3, -0.25) is 4.68 Å². The highest BCUT2D eigenvalue weighted by molar-refractivity contribution is 7.89. The van der Waals surface area contributed by atoms with Gasteiger partial charge in [0.25, 0.3) is 0 Å². The third-order valence-corrected chi connectivity index (χ3v) is 6.24. The van der Waals surface area contributed by atoms with Crippen molar-refractivity contribution in [2.75, 3.05) is 19.7 Å². The van der Waals surface area contributed by atoms with E-state index in [2.05, 4.69) is 5.10 Å². The zero-order valence-electron chi connectivity index (χ0n) is 14.7. The Balaban J connectivity index is 2.17. The van der Waals surface area contributed by atoms with Crippen molar-refractivity contribution in [2.45, 2.75) is 39.1 Å². The third-order valence-electron chi connectivity index (χ3n) is 3.93. The molecule has 0 unspecified atom stereocenters. The minimum Gasteiger partial charge on any atom is -0.492 e. The van der Waals surface area contributed by atoms with Crippen LogP contribution >= 0.6 is 0 Å². The Morgan fingerprint density at radius 3 is 2.33 bits per heavy atom. The number of aryl methyl sites for hydroxylation is 1. The zero-order chi connectivity index (χ0) is 17.7. The van der Waals surface area contributed by atoms with Gasteiger partial charge >= 0.3 is 0 Å².